The van der Waals surface area contributed by atoms with E-state index in [1.807, 2.05) is 25.3 Å². The van der Waals surface area contributed by atoms with E-state index in [1.54, 1.807) is 6.20 Å². The molecule has 0 saturated carbocycles. The van der Waals surface area contributed by atoms with Crippen LogP contribution in [0.1, 0.15) is 31.7 Å². The van der Waals surface area contributed by atoms with E-state index in [0.29, 0.717) is 5.92 Å². The number of hydrogen-bond donors (Lipinski definition) is 1. The number of aromatic nitrogens is 1. The lowest BCUT2D eigenvalue weighted by Gasteiger charge is -2.12. The van der Waals surface area contributed by atoms with Gasteiger partial charge in [-0.2, -0.15) is 0 Å². The van der Waals surface area contributed by atoms with Crippen molar-refractivity contribution in [3.8, 4) is 0 Å². The molecule has 1 rings (SSSR count). The van der Waals surface area contributed by atoms with Crippen LogP contribution in [-0.4, -0.2) is 16.2 Å². The molecule has 2 heteroatoms. The van der Waals surface area contributed by atoms with E-state index in [1.165, 1.54) is 5.56 Å². The van der Waals surface area contributed by atoms with Crippen LogP contribution in [0.4, 0.5) is 0 Å². The Morgan fingerprint density at radius 1 is 1.50 bits per heavy atom. The van der Waals surface area contributed by atoms with Gasteiger partial charge in [-0.05, 0) is 30.9 Å². The number of nitrogens with zero attached hydrogens (tertiary/aromatic N) is 1. The normalized spacial score (nSPS) is 15.6. The summed E-state index contributed by atoms with van der Waals surface area (Å²) in [5, 5.41) is 9.16. The maximum absolute atomic E-state index is 9.16. The lowest BCUT2D eigenvalue weighted by molar-refractivity contribution is 0.176. The molecule has 0 aliphatic rings. The molecule has 2 atom stereocenters. The second-order valence-corrected chi connectivity index (χ2v) is 3.27. The lowest BCUT2D eigenvalue weighted by Crippen LogP contribution is -2.05. The van der Waals surface area contributed by atoms with Crippen molar-refractivity contribution in [1.82, 2.24) is 4.98 Å². The topological polar surface area (TPSA) is 33.1 Å². The van der Waals surface area contributed by atoms with Gasteiger partial charge in [-0.25, -0.2) is 0 Å². The van der Waals surface area contributed by atoms with Crippen LogP contribution in [0.2, 0.25) is 0 Å². The monoisotopic (exact) mass is 165 g/mol. The van der Waals surface area contributed by atoms with Crippen LogP contribution in [0, 0.1) is 0 Å². The molecule has 0 bridgehead atoms. The number of rotatable bonds is 3. The first-order chi connectivity index (χ1) is 5.70. The predicted molar refractivity (Wildman–Crippen MR) is 48.9 cm³/mol. The fourth-order valence-electron chi connectivity index (χ4n) is 1.32. The standard InChI is InChI=1S/C10H15NO/c1-8(6-9(2)12)10-4-3-5-11-7-10/h3-5,7-9,12H,6H2,1-2H3/t8-,9+/m1/s1. The predicted octanol–water partition coefficient (Wildman–Crippen LogP) is 1.96. The highest BCUT2D eigenvalue weighted by molar-refractivity contribution is 5.13. The first-order valence-corrected chi connectivity index (χ1v) is 4.28. The molecular weight excluding hydrogens is 150 g/mol. The van der Waals surface area contributed by atoms with Crippen molar-refractivity contribution >= 4 is 0 Å². The fourth-order valence-corrected chi connectivity index (χ4v) is 1.32. The Labute approximate surface area is 73.3 Å². The summed E-state index contributed by atoms with van der Waals surface area (Å²) in [6.45, 7) is 3.91. The summed E-state index contributed by atoms with van der Waals surface area (Å²) < 4.78 is 0. The molecule has 2 nitrogen and oxygen atoms in total. The van der Waals surface area contributed by atoms with Gasteiger partial charge < -0.3 is 5.11 Å². The Hall–Kier alpha value is -0.890. The SMILES string of the molecule is C[C@H](O)C[C@@H](C)c1cccnc1. The summed E-state index contributed by atoms with van der Waals surface area (Å²) in [6, 6.07) is 3.97. The van der Waals surface area contributed by atoms with Crippen molar-refractivity contribution < 1.29 is 5.11 Å². The van der Waals surface area contributed by atoms with Crippen LogP contribution >= 0.6 is 0 Å². The van der Waals surface area contributed by atoms with Crippen molar-refractivity contribution in [2.45, 2.75) is 32.3 Å². The summed E-state index contributed by atoms with van der Waals surface area (Å²) in [5.41, 5.74) is 1.19. The largest absolute Gasteiger partial charge is 0.393 e. The Morgan fingerprint density at radius 2 is 2.25 bits per heavy atom. The molecule has 1 aromatic rings. The summed E-state index contributed by atoms with van der Waals surface area (Å²) in [4.78, 5) is 4.03. The van der Waals surface area contributed by atoms with Gasteiger partial charge in [0.1, 0.15) is 0 Å². The van der Waals surface area contributed by atoms with Gasteiger partial charge in [-0.1, -0.05) is 13.0 Å². The van der Waals surface area contributed by atoms with E-state index < -0.39 is 0 Å². The Kier molecular flexibility index (Phi) is 3.23. The molecule has 0 aliphatic carbocycles. The Bertz CT molecular complexity index is 221. The second-order valence-electron chi connectivity index (χ2n) is 3.27. The van der Waals surface area contributed by atoms with Crippen molar-refractivity contribution in [3.63, 3.8) is 0 Å². The van der Waals surface area contributed by atoms with Gasteiger partial charge in [0.2, 0.25) is 0 Å². The summed E-state index contributed by atoms with van der Waals surface area (Å²) in [5.74, 6) is 0.388. The summed E-state index contributed by atoms with van der Waals surface area (Å²) in [7, 11) is 0. The molecule has 0 aliphatic heterocycles. The number of pyridine rings is 1. The average Bonchev–Trinajstić information content (AvgIpc) is 2.05. The van der Waals surface area contributed by atoms with Crippen LogP contribution < -0.4 is 0 Å². The zero-order valence-corrected chi connectivity index (χ0v) is 7.57. The van der Waals surface area contributed by atoms with E-state index >= 15 is 0 Å². The van der Waals surface area contributed by atoms with Gasteiger partial charge in [0.05, 0.1) is 6.10 Å². The molecule has 0 fully saturated rings. The molecule has 0 saturated heterocycles. The van der Waals surface area contributed by atoms with Gasteiger partial charge >= 0.3 is 0 Å². The van der Waals surface area contributed by atoms with Crippen LogP contribution in [-0.2, 0) is 0 Å². The molecular formula is C10H15NO. The minimum Gasteiger partial charge on any atom is -0.393 e. The molecule has 1 heterocycles. The third-order valence-electron chi connectivity index (χ3n) is 1.95. The van der Waals surface area contributed by atoms with Crippen LogP contribution in [0.3, 0.4) is 0 Å². The second kappa shape index (κ2) is 4.21. The van der Waals surface area contributed by atoms with Gasteiger partial charge in [0.25, 0.3) is 0 Å². The van der Waals surface area contributed by atoms with Gasteiger partial charge in [0, 0.05) is 12.4 Å². The zero-order chi connectivity index (χ0) is 8.97. The van der Waals surface area contributed by atoms with Crippen molar-refractivity contribution in [1.29, 1.82) is 0 Å². The van der Waals surface area contributed by atoms with Gasteiger partial charge in [-0.15, -0.1) is 0 Å². The zero-order valence-electron chi connectivity index (χ0n) is 7.57. The van der Waals surface area contributed by atoms with Crippen LogP contribution in [0.25, 0.3) is 0 Å². The van der Waals surface area contributed by atoms with Crippen molar-refractivity contribution in [2.75, 3.05) is 0 Å². The van der Waals surface area contributed by atoms with Crippen LogP contribution in [0.15, 0.2) is 24.5 Å². The summed E-state index contributed by atoms with van der Waals surface area (Å²) >= 11 is 0. The van der Waals surface area contributed by atoms with E-state index in [0.717, 1.165) is 6.42 Å². The average molecular weight is 165 g/mol. The molecule has 0 radical (unpaired) electrons. The summed E-state index contributed by atoms with van der Waals surface area (Å²) in [6.07, 6.45) is 4.18. The highest BCUT2D eigenvalue weighted by Gasteiger charge is 2.07. The first-order valence-electron chi connectivity index (χ1n) is 4.28. The Morgan fingerprint density at radius 3 is 2.75 bits per heavy atom. The third-order valence-corrected chi connectivity index (χ3v) is 1.95. The molecule has 12 heavy (non-hydrogen) atoms. The Balaban J connectivity index is 2.59. The molecule has 66 valence electrons. The van der Waals surface area contributed by atoms with E-state index in [2.05, 4.69) is 11.9 Å². The molecule has 1 N–H and O–H groups in total. The maximum Gasteiger partial charge on any atom is 0.0517 e. The quantitative estimate of drug-likeness (QED) is 0.742. The van der Waals surface area contributed by atoms with Gasteiger partial charge in [-0.3, -0.25) is 4.98 Å². The molecule has 0 unspecified atom stereocenters. The van der Waals surface area contributed by atoms with E-state index in [-0.39, 0.29) is 6.10 Å². The molecule has 0 aromatic carbocycles. The minimum absolute atomic E-state index is 0.236. The molecule has 0 amide bonds. The van der Waals surface area contributed by atoms with E-state index in [9.17, 15) is 0 Å². The van der Waals surface area contributed by atoms with Crippen molar-refractivity contribution in [2.24, 2.45) is 0 Å². The number of hydrogen-bond acceptors (Lipinski definition) is 2. The molecule has 1 aromatic heterocycles. The van der Waals surface area contributed by atoms with Crippen molar-refractivity contribution in [3.05, 3.63) is 30.1 Å². The highest BCUT2D eigenvalue weighted by atomic mass is 16.3. The highest BCUT2D eigenvalue weighted by Crippen LogP contribution is 2.18. The van der Waals surface area contributed by atoms with Gasteiger partial charge in [0.15, 0.2) is 0 Å². The minimum atomic E-state index is -0.236. The molecule has 0 spiro atoms. The number of aliphatic hydroxyl groups excluding tert-OH is 1. The number of aliphatic hydroxyl groups is 1. The lowest BCUT2D eigenvalue weighted by atomic mass is 9.97. The third kappa shape index (κ3) is 2.62. The van der Waals surface area contributed by atoms with Crippen LogP contribution in [0.5, 0.6) is 0 Å². The first kappa shape index (κ1) is 9.20. The fraction of sp³-hybridized carbons (Fsp3) is 0.500. The maximum atomic E-state index is 9.16. The van der Waals surface area contributed by atoms with E-state index in [4.69, 9.17) is 5.11 Å². The smallest absolute Gasteiger partial charge is 0.0517 e.